The highest BCUT2D eigenvalue weighted by Crippen LogP contribution is 2.29. The van der Waals surface area contributed by atoms with Crippen LogP contribution in [0.25, 0.3) is 6.08 Å². The molecule has 0 aromatic heterocycles. The minimum atomic E-state index is -0.0994. The fourth-order valence-corrected chi connectivity index (χ4v) is 3.68. The third-order valence-electron chi connectivity index (χ3n) is 4.45. The minimum absolute atomic E-state index is 0.0994. The third kappa shape index (κ3) is 3.58. The zero-order chi connectivity index (χ0) is 18.7. The van der Waals surface area contributed by atoms with Gasteiger partial charge in [-0.3, -0.25) is 4.79 Å². The van der Waals surface area contributed by atoms with Crippen molar-refractivity contribution < 1.29 is 4.79 Å². The second-order valence-corrected chi connectivity index (χ2v) is 6.93. The summed E-state index contributed by atoms with van der Waals surface area (Å²) >= 11 is 3.66. The van der Waals surface area contributed by atoms with Gasteiger partial charge in [0.1, 0.15) is 0 Å². The van der Waals surface area contributed by atoms with Gasteiger partial charge >= 0.3 is 0 Å². The van der Waals surface area contributed by atoms with E-state index in [0.717, 1.165) is 40.2 Å². The van der Waals surface area contributed by atoms with E-state index in [0.29, 0.717) is 5.57 Å². The minimum Gasteiger partial charge on any atom is -0.371 e. The van der Waals surface area contributed by atoms with Gasteiger partial charge in [-0.15, -0.1) is 0 Å². The number of hydrogen-bond donors (Lipinski definition) is 0. The predicted octanol–water partition coefficient (Wildman–Crippen LogP) is 5.10. The number of amides is 1. The lowest BCUT2D eigenvalue weighted by atomic mass is 10.1. The van der Waals surface area contributed by atoms with Gasteiger partial charge in [0.15, 0.2) is 0 Å². The van der Waals surface area contributed by atoms with E-state index in [1.165, 1.54) is 5.01 Å². The Hall–Kier alpha value is -2.40. The van der Waals surface area contributed by atoms with Crippen LogP contribution >= 0.6 is 15.9 Å². The first-order chi connectivity index (χ1) is 12.5. The highest BCUT2D eigenvalue weighted by molar-refractivity contribution is 9.10. The molecule has 1 aliphatic heterocycles. The molecule has 1 aliphatic rings. The molecule has 0 N–H and O–H groups in total. The van der Waals surface area contributed by atoms with Crippen LogP contribution in [0.5, 0.6) is 0 Å². The summed E-state index contributed by atoms with van der Waals surface area (Å²) in [6, 6.07) is 15.7. The van der Waals surface area contributed by atoms with Gasteiger partial charge in [0, 0.05) is 17.6 Å². The van der Waals surface area contributed by atoms with E-state index in [9.17, 15) is 4.79 Å². The van der Waals surface area contributed by atoms with Gasteiger partial charge in [-0.2, -0.15) is 10.1 Å². The molecule has 5 heteroatoms. The summed E-state index contributed by atoms with van der Waals surface area (Å²) in [6.07, 6.45) is 1.90. The van der Waals surface area contributed by atoms with E-state index in [4.69, 9.17) is 0 Å². The van der Waals surface area contributed by atoms with E-state index in [-0.39, 0.29) is 5.91 Å². The number of para-hydroxylation sites is 1. The van der Waals surface area contributed by atoms with Crippen LogP contribution in [0.4, 0.5) is 11.4 Å². The summed E-state index contributed by atoms with van der Waals surface area (Å²) in [5.74, 6) is -0.0994. The lowest BCUT2D eigenvalue weighted by Crippen LogP contribution is -2.22. The first-order valence-corrected chi connectivity index (χ1v) is 9.55. The van der Waals surface area contributed by atoms with Crippen molar-refractivity contribution in [3.05, 3.63) is 64.1 Å². The molecule has 0 saturated heterocycles. The molecule has 2 aromatic carbocycles. The molecule has 0 spiro atoms. The molecule has 1 amide bonds. The third-order valence-corrected chi connectivity index (χ3v) is 5.09. The lowest BCUT2D eigenvalue weighted by Gasteiger charge is -2.22. The standard InChI is InChI=1S/C21H22BrN3O/c1-4-24(5-2)20-12-11-16(14-19(20)22)13-18-15(3)23-25(21(18)26)17-9-7-6-8-10-17/h6-14H,4-5H2,1-3H3. The van der Waals surface area contributed by atoms with Crippen LogP contribution in [0.3, 0.4) is 0 Å². The zero-order valence-electron chi connectivity index (χ0n) is 15.2. The number of benzene rings is 2. The number of hydrogen-bond acceptors (Lipinski definition) is 3. The molecule has 0 fully saturated rings. The molecule has 134 valence electrons. The summed E-state index contributed by atoms with van der Waals surface area (Å²) < 4.78 is 1.02. The number of carbonyl (C=O) groups is 1. The maximum absolute atomic E-state index is 12.8. The monoisotopic (exact) mass is 411 g/mol. The SMILES string of the molecule is CCN(CC)c1ccc(C=C2C(=O)N(c3ccccc3)N=C2C)cc1Br. The van der Waals surface area contributed by atoms with Crippen LogP contribution < -0.4 is 9.91 Å². The molecule has 4 nitrogen and oxygen atoms in total. The molecule has 0 radical (unpaired) electrons. The quantitative estimate of drug-likeness (QED) is 0.641. The van der Waals surface area contributed by atoms with Gasteiger partial charge in [-0.25, -0.2) is 0 Å². The molecule has 3 rings (SSSR count). The van der Waals surface area contributed by atoms with E-state index in [1.807, 2.05) is 55.5 Å². The molecule has 1 heterocycles. The number of carbonyl (C=O) groups excluding carboxylic acids is 1. The second kappa shape index (κ2) is 7.87. The van der Waals surface area contributed by atoms with Crippen LogP contribution in [0, 0.1) is 0 Å². The van der Waals surface area contributed by atoms with Crippen molar-refractivity contribution >= 4 is 45.0 Å². The Morgan fingerprint density at radius 3 is 2.42 bits per heavy atom. The summed E-state index contributed by atoms with van der Waals surface area (Å²) in [6.45, 7) is 8.05. The van der Waals surface area contributed by atoms with Crippen molar-refractivity contribution in [3.63, 3.8) is 0 Å². The van der Waals surface area contributed by atoms with Crippen molar-refractivity contribution in [1.82, 2.24) is 0 Å². The molecular weight excluding hydrogens is 390 g/mol. The maximum Gasteiger partial charge on any atom is 0.280 e. The topological polar surface area (TPSA) is 35.9 Å². The van der Waals surface area contributed by atoms with E-state index >= 15 is 0 Å². The average Bonchev–Trinajstić information content (AvgIpc) is 2.93. The van der Waals surface area contributed by atoms with Crippen LogP contribution in [-0.4, -0.2) is 24.7 Å². The maximum atomic E-state index is 12.8. The number of anilines is 2. The highest BCUT2D eigenvalue weighted by Gasteiger charge is 2.28. The van der Waals surface area contributed by atoms with Gasteiger partial charge in [-0.05, 0) is 72.6 Å². The van der Waals surface area contributed by atoms with Crippen molar-refractivity contribution in [2.24, 2.45) is 5.10 Å². The Labute approximate surface area is 162 Å². The van der Waals surface area contributed by atoms with Gasteiger partial charge in [0.25, 0.3) is 5.91 Å². The molecule has 0 aliphatic carbocycles. The van der Waals surface area contributed by atoms with Gasteiger partial charge in [-0.1, -0.05) is 24.3 Å². The van der Waals surface area contributed by atoms with E-state index in [1.54, 1.807) is 0 Å². The molecule has 0 bridgehead atoms. The number of nitrogens with zero attached hydrogens (tertiary/aromatic N) is 3. The van der Waals surface area contributed by atoms with Crippen LogP contribution in [0.2, 0.25) is 0 Å². The molecular formula is C21H22BrN3O. The lowest BCUT2D eigenvalue weighted by molar-refractivity contribution is -0.114. The van der Waals surface area contributed by atoms with Gasteiger partial charge in [0.2, 0.25) is 0 Å². The summed E-state index contributed by atoms with van der Waals surface area (Å²) in [5.41, 5.74) is 4.25. The summed E-state index contributed by atoms with van der Waals surface area (Å²) in [5, 5.41) is 5.88. The first kappa shape index (κ1) is 18.4. The fourth-order valence-electron chi connectivity index (χ4n) is 3.03. The Morgan fingerprint density at radius 1 is 1.12 bits per heavy atom. The normalized spacial score (nSPS) is 15.5. The largest absolute Gasteiger partial charge is 0.371 e. The molecule has 0 atom stereocenters. The van der Waals surface area contributed by atoms with Crippen LogP contribution in [-0.2, 0) is 4.79 Å². The smallest absolute Gasteiger partial charge is 0.280 e. The molecule has 0 saturated carbocycles. The summed E-state index contributed by atoms with van der Waals surface area (Å²) in [7, 11) is 0. The van der Waals surface area contributed by atoms with Crippen LogP contribution in [0.1, 0.15) is 26.3 Å². The van der Waals surface area contributed by atoms with Crippen molar-refractivity contribution in [1.29, 1.82) is 0 Å². The number of hydrazone groups is 1. The number of rotatable bonds is 5. The van der Waals surface area contributed by atoms with Crippen molar-refractivity contribution in [3.8, 4) is 0 Å². The van der Waals surface area contributed by atoms with Crippen molar-refractivity contribution in [2.45, 2.75) is 20.8 Å². The molecule has 0 unspecified atom stereocenters. The van der Waals surface area contributed by atoms with E-state index in [2.05, 4.69) is 45.8 Å². The van der Waals surface area contributed by atoms with Gasteiger partial charge < -0.3 is 4.90 Å². The Morgan fingerprint density at radius 2 is 1.81 bits per heavy atom. The molecule has 26 heavy (non-hydrogen) atoms. The fraction of sp³-hybridized carbons (Fsp3) is 0.238. The second-order valence-electron chi connectivity index (χ2n) is 6.08. The zero-order valence-corrected chi connectivity index (χ0v) is 16.8. The van der Waals surface area contributed by atoms with E-state index < -0.39 is 0 Å². The number of halogens is 1. The molecule has 2 aromatic rings. The van der Waals surface area contributed by atoms with Gasteiger partial charge in [0.05, 0.1) is 22.7 Å². The Bertz CT molecular complexity index is 870. The highest BCUT2D eigenvalue weighted by atomic mass is 79.9. The Balaban J connectivity index is 1.90. The first-order valence-electron chi connectivity index (χ1n) is 8.76. The summed E-state index contributed by atoms with van der Waals surface area (Å²) in [4.78, 5) is 15.1. The van der Waals surface area contributed by atoms with Crippen molar-refractivity contribution in [2.75, 3.05) is 23.0 Å². The van der Waals surface area contributed by atoms with Crippen LogP contribution in [0.15, 0.2) is 63.7 Å². The Kier molecular flexibility index (Phi) is 5.57. The average molecular weight is 412 g/mol. The predicted molar refractivity (Wildman–Crippen MR) is 113 cm³/mol.